The summed E-state index contributed by atoms with van der Waals surface area (Å²) in [5.74, 6) is 5.00. The molecule has 0 spiro atoms. The summed E-state index contributed by atoms with van der Waals surface area (Å²) in [5.41, 5.74) is 2.54. The van der Waals surface area contributed by atoms with E-state index in [1.807, 2.05) is 6.92 Å². The summed E-state index contributed by atoms with van der Waals surface area (Å²) < 4.78 is 5.01. The van der Waals surface area contributed by atoms with Crippen molar-refractivity contribution in [2.24, 2.45) is 5.84 Å². The van der Waals surface area contributed by atoms with E-state index in [0.29, 0.717) is 12.2 Å². The van der Waals surface area contributed by atoms with Gasteiger partial charge in [0.25, 0.3) is 0 Å². The number of hydrogen-bond donors (Lipinski definition) is 2. The van der Waals surface area contributed by atoms with Gasteiger partial charge in [-0.2, -0.15) is 0 Å². The molecule has 42 valence electrons. The average Bonchev–Trinajstić information content (AvgIpc) is 2.22. The molecule has 1 fully saturated rings. The lowest BCUT2D eigenvalue weighted by Crippen LogP contribution is -2.27. The molecule has 1 rings (SSSR count). The Morgan fingerprint density at radius 2 is 2.43 bits per heavy atom. The van der Waals surface area contributed by atoms with Crippen LogP contribution in [0.1, 0.15) is 6.92 Å². The van der Waals surface area contributed by atoms with Gasteiger partial charge in [-0.3, -0.25) is 11.3 Å². The standard InChI is InChI=1S/C4H10N2O/c1-3-4(7-3)2-6-5/h3-4,6H,2,5H2,1H3. The smallest absolute Gasteiger partial charge is 0.0976 e. The van der Waals surface area contributed by atoms with Crippen LogP contribution < -0.4 is 11.3 Å². The van der Waals surface area contributed by atoms with Crippen LogP contribution in [-0.4, -0.2) is 18.8 Å². The molecule has 0 aromatic rings. The molecule has 3 heteroatoms. The van der Waals surface area contributed by atoms with E-state index in [4.69, 9.17) is 10.6 Å². The summed E-state index contributed by atoms with van der Waals surface area (Å²) >= 11 is 0. The van der Waals surface area contributed by atoms with Crippen LogP contribution in [0, 0.1) is 0 Å². The maximum absolute atomic E-state index is 5.01. The van der Waals surface area contributed by atoms with Gasteiger partial charge in [-0.1, -0.05) is 0 Å². The first-order chi connectivity index (χ1) is 3.34. The van der Waals surface area contributed by atoms with E-state index in [9.17, 15) is 0 Å². The van der Waals surface area contributed by atoms with Gasteiger partial charge >= 0.3 is 0 Å². The van der Waals surface area contributed by atoms with Crippen LogP contribution in [-0.2, 0) is 4.74 Å². The monoisotopic (exact) mass is 102 g/mol. The predicted molar refractivity (Wildman–Crippen MR) is 26.5 cm³/mol. The largest absolute Gasteiger partial charge is 0.368 e. The molecule has 0 saturated carbocycles. The third kappa shape index (κ3) is 1.12. The number of rotatable bonds is 2. The van der Waals surface area contributed by atoms with E-state index in [1.165, 1.54) is 0 Å². The summed E-state index contributed by atoms with van der Waals surface area (Å²) in [5, 5.41) is 0. The maximum Gasteiger partial charge on any atom is 0.0976 e. The quantitative estimate of drug-likeness (QED) is 0.273. The van der Waals surface area contributed by atoms with Gasteiger partial charge in [0, 0.05) is 6.54 Å². The zero-order chi connectivity index (χ0) is 5.28. The molecular formula is C4H10N2O. The van der Waals surface area contributed by atoms with Gasteiger partial charge in [-0.25, -0.2) is 0 Å². The van der Waals surface area contributed by atoms with Gasteiger partial charge < -0.3 is 4.74 Å². The summed E-state index contributed by atoms with van der Waals surface area (Å²) in [6, 6.07) is 0. The molecule has 0 radical (unpaired) electrons. The van der Waals surface area contributed by atoms with Crippen LogP contribution in [0.5, 0.6) is 0 Å². The van der Waals surface area contributed by atoms with Crippen LogP contribution in [0.3, 0.4) is 0 Å². The van der Waals surface area contributed by atoms with Crippen molar-refractivity contribution in [3.8, 4) is 0 Å². The Labute approximate surface area is 42.8 Å². The van der Waals surface area contributed by atoms with Crippen molar-refractivity contribution in [2.45, 2.75) is 19.1 Å². The fourth-order valence-electron chi connectivity index (χ4n) is 0.561. The van der Waals surface area contributed by atoms with Crippen molar-refractivity contribution in [3.63, 3.8) is 0 Å². The predicted octanol–water partition coefficient (Wildman–Crippen LogP) is -0.763. The van der Waals surface area contributed by atoms with E-state index >= 15 is 0 Å². The van der Waals surface area contributed by atoms with Crippen LogP contribution in [0.4, 0.5) is 0 Å². The highest BCUT2D eigenvalue weighted by Crippen LogP contribution is 2.18. The molecular weight excluding hydrogens is 92.1 g/mol. The molecule has 2 unspecified atom stereocenters. The summed E-state index contributed by atoms with van der Waals surface area (Å²) in [7, 11) is 0. The number of nitrogens with one attached hydrogen (secondary N) is 1. The molecule has 0 aromatic carbocycles. The number of hydrogen-bond acceptors (Lipinski definition) is 3. The topological polar surface area (TPSA) is 50.6 Å². The maximum atomic E-state index is 5.01. The zero-order valence-electron chi connectivity index (χ0n) is 4.35. The fraction of sp³-hybridized carbons (Fsp3) is 1.00. The third-order valence-corrected chi connectivity index (χ3v) is 1.16. The summed E-state index contributed by atoms with van der Waals surface area (Å²) in [4.78, 5) is 0. The van der Waals surface area contributed by atoms with Crippen molar-refractivity contribution in [1.29, 1.82) is 0 Å². The van der Waals surface area contributed by atoms with Crippen LogP contribution >= 0.6 is 0 Å². The van der Waals surface area contributed by atoms with Crippen LogP contribution in [0.15, 0.2) is 0 Å². The van der Waals surface area contributed by atoms with Gasteiger partial charge in [-0.15, -0.1) is 0 Å². The summed E-state index contributed by atoms with van der Waals surface area (Å²) in [6.07, 6.45) is 0.807. The van der Waals surface area contributed by atoms with E-state index < -0.39 is 0 Å². The molecule has 1 heterocycles. The first-order valence-electron chi connectivity index (χ1n) is 2.43. The molecule has 0 aromatic heterocycles. The molecule has 1 aliphatic rings. The fourth-order valence-corrected chi connectivity index (χ4v) is 0.561. The third-order valence-electron chi connectivity index (χ3n) is 1.16. The Hall–Kier alpha value is -0.120. The number of epoxide rings is 1. The Bertz CT molecular complexity index is 66.7. The van der Waals surface area contributed by atoms with E-state index in [0.717, 1.165) is 6.54 Å². The normalized spacial score (nSPS) is 38.6. The highest BCUT2D eigenvalue weighted by molar-refractivity contribution is 4.80. The Morgan fingerprint density at radius 3 is 2.57 bits per heavy atom. The molecule has 3 N–H and O–H groups in total. The van der Waals surface area contributed by atoms with Crippen molar-refractivity contribution in [1.82, 2.24) is 5.43 Å². The number of nitrogens with two attached hydrogens (primary N) is 1. The highest BCUT2D eigenvalue weighted by atomic mass is 16.6. The summed E-state index contributed by atoms with van der Waals surface area (Å²) in [6.45, 7) is 2.81. The minimum Gasteiger partial charge on any atom is -0.368 e. The molecule has 1 aliphatic heterocycles. The first kappa shape index (κ1) is 5.03. The second-order valence-electron chi connectivity index (χ2n) is 1.79. The number of ether oxygens (including phenoxy) is 1. The lowest BCUT2D eigenvalue weighted by atomic mass is 10.3. The van der Waals surface area contributed by atoms with Gasteiger partial charge in [-0.05, 0) is 6.92 Å². The minimum atomic E-state index is 0.380. The second-order valence-corrected chi connectivity index (χ2v) is 1.79. The molecule has 3 nitrogen and oxygen atoms in total. The Morgan fingerprint density at radius 1 is 1.86 bits per heavy atom. The molecule has 0 bridgehead atoms. The Kier molecular flexibility index (Phi) is 1.27. The van der Waals surface area contributed by atoms with Crippen LogP contribution in [0.25, 0.3) is 0 Å². The SMILES string of the molecule is CC1OC1CNN. The van der Waals surface area contributed by atoms with E-state index in [1.54, 1.807) is 0 Å². The van der Waals surface area contributed by atoms with Gasteiger partial charge in [0.1, 0.15) is 0 Å². The lowest BCUT2D eigenvalue weighted by molar-refractivity contribution is 0.372. The lowest BCUT2D eigenvalue weighted by Gasteiger charge is -1.86. The van der Waals surface area contributed by atoms with Crippen LogP contribution in [0.2, 0.25) is 0 Å². The molecule has 0 amide bonds. The minimum absolute atomic E-state index is 0.380. The highest BCUT2D eigenvalue weighted by Gasteiger charge is 2.32. The first-order valence-corrected chi connectivity index (χ1v) is 2.43. The molecule has 2 atom stereocenters. The molecule has 0 aliphatic carbocycles. The van der Waals surface area contributed by atoms with Gasteiger partial charge in [0.15, 0.2) is 0 Å². The van der Waals surface area contributed by atoms with E-state index in [2.05, 4.69) is 5.43 Å². The van der Waals surface area contributed by atoms with Gasteiger partial charge in [0.05, 0.1) is 12.2 Å². The zero-order valence-corrected chi connectivity index (χ0v) is 4.35. The van der Waals surface area contributed by atoms with Crippen molar-refractivity contribution in [2.75, 3.05) is 6.54 Å². The van der Waals surface area contributed by atoms with E-state index in [-0.39, 0.29) is 0 Å². The van der Waals surface area contributed by atoms with Gasteiger partial charge in [0.2, 0.25) is 0 Å². The second kappa shape index (κ2) is 1.78. The Balaban J connectivity index is 1.98. The van der Waals surface area contributed by atoms with Crippen molar-refractivity contribution >= 4 is 0 Å². The molecule has 1 saturated heterocycles. The average molecular weight is 102 g/mol. The van der Waals surface area contributed by atoms with Crippen molar-refractivity contribution in [3.05, 3.63) is 0 Å². The number of hydrazine groups is 1. The molecule has 7 heavy (non-hydrogen) atoms. The van der Waals surface area contributed by atoms with Crippen molar-refractivity contribution < 1.29 is 4.74 Å².